The van der Waals surface area contributed by atoms with Gasteiger partial charge in [0.05, 0.1) is 22.1 Å². The number of halogens is 1. The van der Waals surface area contributed by atoms with Gasteiger partial charge in [0, 0.05) is 12.7 Å². The molecule has 2 aliphatic rings. The summed E-state index contributed by atoms with van der Waals surface area (Å²) in [5.41, 5.74) is 2.40. The number of pyridine rings is 1. The molecule has 2 N–H and O–H groups in total. The highest BCUT2D eigenvalue weighted by molar-refractivity contribution is 6.31. The number of rotatable bonds is 3. The average Bonchev–Trinajstić information content (AvgIpc) is 2.99. The van der Waals surface area contributed by atoms with Crippen LogP contribution in [0.4, 0.5) is 11.5 Å². The van der Waals surface area contributed by atoms with Crippen LogP contribution in [-0.4, -0.2) is 21.6 Å². The predicted octanol–water partition coefficient (Wildman–Crippen LogP) is 2.86. The fourth-order valence-corrected chi connectivity index (χ4v) is 4.15. The summed E-state index contributed by atoms with van der Waals surface area (Å²) in [6, 6.07) is 3.69. The van der Waals surface area contributed by atoms with E-state index in [0.717, 1.165) is 36.3 Å². The maximum atomic E-state index is 6.60. The zero-order valence-corrected chi connectivity index (χ0v) is 14.9. The summed E-state index contributed by atoms with van der Waals surface area (Å²) in [5, 5.41) is 12.0. The summed E-state index contributed by atoms with van der Waals surface area (Å²) in [6.45, 7) is 0.735. The van der Waals surface area contributed by atoms with Gasteiger partial charge in [0.25, 0.3) is 0 Å². The molecule has 2 aromatic rings. The van der Waals surface area contributed by atoms with E-state index in [4.69, 9.17) is 16.4 Å². The van der Waals surface area contributed by atoms with Crippen LogP contribution in [0.2, 0.25) is 5.02 Å². The minimum absolute atomic E-state index is 0.141. The van der Waals surface area contributed by atoms with Crippen LogP contribution in [0.15, 0.2) is 29.8 Å². The maximum Gasteiger partial charge on any atom is 0.197 e. The molecule has 1 saturated carbocycles. The van der Waals surface area contributed by atoms with Gasteiger partial charge in [-0.05, 0) is 37.8 Å². The van der Waals surface area contributed by atoms with Gasteiger partial charge in [0.1, 0.15) is 19.3 Å². The molecule has 1 aliphatic carbocycles. The van der Waals surface area contributed by atoms with Gasteiger partial charge in [-0.1, -0.05) is 23.2 Å². The predicted molar refractivity (Wildman–Crippen MR) is 95.2 cm³/mol. The van der Waals surface area contributed by atoms with Crippen molar-refractivity contribution in [2.24, 2.45) is 5.16 Å². The van der Waals surface area contributed by atoms with Crippen molar-refractivity contribution in [3.63, 3.8) is 0 Å². The molecule has 0 saturated heterocycles. The first-order valence-electron chi connectivity index (χ1n) is 8.54. The van der Waals surface area contributed by atoms with Gasteiger partial charge in [-0.2, -0.15) is 0 Å². The van der Waals surface area contributed by atoms with Crippen molar-refractivity contribution in [3.05, 3.63) is 40.9 Å². The first-order valence-corrected chi connectivity index (χ1v) is 8.91. The molecule has 0 radical (unpaired) electrons. The topological polar surface area (TPSA) is 76.4 Å². The smallest absolute Gasteiger partial charge is 0.197 e. The number of nitrogens with zero attached hydrogens (tertiary/aromatic N) is 4. The van der Waals surface area contributed by atoms with E-state index in [1.165, 1.54) is 25.6 Å². The Morgan fingerprint density at radius 1 is 1.36 bits per heavy atom. The molecule has 2 aromatic heterocycles. The lowest BCUT2D eigenvalue weighted by Crippen LogP contribution is -2.48. The van der Waals surface area contributed by atoms with Gasteiger partial charge < -0.3 is 14.7 Å². The third-order valence-electron chi connectivity index (χ3n) is 4.99. The van der Waals surface area contributed by atoms with Crippen molar-refractivity contribution in [1.29, 1.82) is 0 Å². The molecule has 132 valence electrons. The first kappa shape index (κ1) is 16.4. The Morgan fingerprint density at radius 3 is 2.92 bits per heavy atom. The Balaban J connectivity index is 1.88. The lowest BCUT2D eigenvalue weighted by molar-refractivity contribution is 0.148. The zero-order valence-electron chi connectivity index (χ0n) is 14.1. The fourth-order valence-electron chi connectivity index (χ4n) is 3.89. The Labute approximate surface area is 151 Å². The lowest BCUT2D eigenvalue weighted by Gasteiger charge is -2.36. The van der Waals surface area contributed by atoms with E-state index in [1.54, 1.807) is 19.4 Å². The molecule has 1 aliphatic heterocycles. The van der Waals surface area contributed by atoms with E-state index in [-0.39, 0.29) is 5.66 Å². The molecular formula is C17H21ClN6O. The normalized spacial score (nSPS) is 19.0. The van der Waals surface area contributed by atoms with Gasteiger partial charge in [-0.25, -0.2) is 9.97 Å². The fraction of sp³-hybridized carbons (Fsp3) is 0.471. The minimum atomic E-state index is -0.141. The van der Waals surface area contributed by atoms with Crippen LogP contribution < -0.4 is 16.1 Å². The van der Waals surface area contributed by atoms with Crippen LogP contribution >= 0.6 is 11.6 Å². The number of nitrogens with one attached hydrogen (secondary N) is 2. The molecule has 8 heteroatoms. The van der Waals surface area contributed by atoms with Crippen LogP contribution in [0.25, 0.3) is 0 Å². The second kappa shape index (κ2) is 6.65. The third kappa shape index (κ3) is 2.87. The molecule has 0 amide bonds. The Bertz CT molecular complexity index is 829. The van der Waals surface area contributed by atoms with Crippen molar-refractivity contribution in [2.75, 3.05) is 12.4 Å². The van der Waals surface area contributed by atoms with E-state index in [1.807, 2.05) is 6.07 Å². The summed E-state index contributed by atoms with van der Waals surface area (Å²) in [4.78, 5) is 13.3. The molecular weight excluding hydrogens is 340 g/mol. The summed E-state index contributed by atoms with van der Waals surface area (Å²) in [5.74, 6) is 0.683. The molecule has 7 nitrogen and oxygen atoms in total. The standard InChI is InChI=1S/C17H21ClN6O/c1-25-23-16-13(22-15-5-8-19-11-20-15)9-12(18)14-10-21-17(24(14)16)6-3-2-4-7-17/h5,8-9,11,21H,2-4,6-7,10H2,1H3,(H,19,20,22). The van der Waals surface area contributed by atoms with Gasteiger partial charge in [0.2, 0.25) is 0 Å². The van der Waals surface area contributed by atoms with Gasteiger partial charge >= 0.3 is 0 Å². The highest BCUT2D eigenvalue weighted by Crippen LogP contribution is 2.38. The van der Waals surface area contributed by atoms with Crippen molar-refractivity contribution < 1.29 is 4.84 Å². The quantitative estimate of drug-likeness (QED) is 0.823. The third-order valence-corrected chi connectivity index (χ3v) is 5.31. The highest BCUT2D eigenvalue weighted by Gasteiger charge is 2.40. The second-order valence-electron chi connectivity index (χ2n) is 6.45. The molecule has 3 heterocycles. The van der Waals surface area contributed by atoms with E-state index in [2.05, 4.69) is 30.3 Å². The Hall–Kier alpha value is -2.12. The Morgan fingerprint density at radius 2 is 2.20 bits per heavy atom. The number of hydrogen-bond donors (Lipinski definition) is 2. The van der Waals surface area contributed by atoms with Crippen molar-refractivity contribution in [3.8, 4) is 0 Å². The van der Waals surface area contributed by atoms with Crippen molar-refractivity contribution in [2.45, 2.75) is 44.3 Å². The summed E-state index contributed by atoms with van der Waals surface area (Å²) >= 11 is 6.60. The summed E-state index contributed by atoms with van der Waals surface area (Å²) in [7, 11) is 1.56. The molecule has 25 heavy (non-hydrogen) atoms. The van der Waals surface area contributed by atoms with Gasteiger partial charge in [-0.3, -0.25) is 5.32 Å². The maximum absolute atomic E-state index is 6.60. The SMILES string of the molecule is CON=c1c(Nc2ccncn2)cc(Cl)c2n1C1(CCCCC1)NC2. The Kier molecular flexibility index (Phi) is 4.35. The molecule has 1 fully saturated rings. The molecule has 0 bridgehead atoms. The van der Waals surface area contributed by atoms with E-state index in [0.29, 0.717) is 10.8 Å². The largest absolute Gasteiger partial charge is 0.397 e. The molecule has 0 aromatic carbocycles. The van der Waals surface area contributed by atoms with E-state index < -0.39 is 0 Å². The monoisotopic (exact) mass is 360 g/mol. The molecule has 0 atom stereocenters. The van der Waals surface area contributed by atoms with Crippen LogP contribution in [0.3, 0.4) is 0 Å². The first-order chi connectivity index (χ1) is 12.2. The number of hydrogen-bond acceptors (Lipinski definition) is 6. The summed E-state index contributed by atoms with van der Waals surface area (Å²) in [6.07, 6.45) is 8.95. The molecule has 0 unspecified atom stereocenters. The van der Waals surface area contributed by atoms with Crippen molar-refractivity contribution >= 4 is 23.1 Å². The molecule has 1 spiro atoms. The molecule has 4 rings (SSSR count). The van der Waals surface area contributed by atoms with Crippen LogP contribution in [0.5, 0.6) is 0 Å². The minimum Gasteiger partial charge on any atom is -0.397 e. The number of anilines is 2. The average molecular weight is 361 g/mol. The van der Waals surface area contributed by atoms with E-state index in [9.17, 15) is 0 Å². The van der Waals surface area contributed by atoms with Crippen LogP contribution in [-0.2, 0) is 17.0 Å². The summed E-state index contributed by atoms with van der Waals surface area (Å²) < 4.78 is 2.22. The number of aromatic nitrogens is 3. The number of fused-ring (bicyclic) bond motifs is 2. The van der Waals surface area contributed by atoms with Crippen LogP contribution in [0.1, 0.15) is 37.8 Å². The second-order valence-corrected chi connectivity index (χ2v) is 6.86. The lowest BCUT2D eigenvalue weighted by atomic mass is 9.89. The van der Waals surface area contributed by atoms with Crippen LogP contribution in [0, 0.1) is 0 Å². The zero-order chi connectivity index (χ0) is 17.3. The van der Waals surface area contributed by atoms with E-state index >= 15 is 0 Å². The van der Waals surface area contributed by atoms with Gasteiger partial charge in [0.15, 0.2) is 5.49 Å². The van der Waals surface area contributed by atoms with Crippen molar-refractivity contribution in [1.82, 2.24) is 19.9 Å². The van der Waals surface area contributed by atoms with Gasteiger partial charge in [-0.15, -0.1) is 0 Å². The highest BCUT2D eigenvalue weighted by atomic mass is 35.5.